The van der Waals surface area contributed by atoms with Crippen LogP contribution in [0.2, 0.25) is 0 Å². The Labute approximate surface area is 113 Å². The van der Waals surface area contributed by atoms with Crippen LogP contribution in [0.1, 0.15) is 21.1 Å². The van der Waals surface area contributed by atoms with E-state index in [1.807, 2.05) is 13.8 Å². The fourth-order valence-electron chi connectivity index (χ4n) is 1.66. The van der Waals surface area contributed by atoms with Gasteiger partial charge in [-0.05, 0) is 26.0 Å². The number of hydrogen-bond acceptors (Lipinski definition) is 5. The molecule has 0 atom stereocenters. The molecule has 0 aliphatic rings. The molecule has 0 aromatic carbocycles. The number of aromatic nitrogens is 4. The number of carbonyl (C=O) groups is 1. The van der Waals surface area contributed by atoms with E-state index >= 15 is 0 Å². The predicted octanol–water partition coefficient (Wildman–Crippen LogP) is 2.05. The first kappa shape index (κ1) is 11.8. The summed E-state index contributed by atoms with van der Waals surface area (Å²) in [6, 6.07) is 5.16. The number of pyridine rings is 1. The number of rotatable bonds is 2. The lowest BCUT2D eigenvalue weighted by atomic mass is 10.3. The summed E-state index contributed by atoms with van der Waals surface area (Å²) in [5, 5.41) is 6.90. The Balaban J connectivity index is 1.88. The van der Waals surface area contributed by atoms with Crippen LogP contribution >= 0.6 is 11.3 Å². The first-order chi connectivity index (χ1) is 9.15. The highest BCUT2D eigenvalue weighted by atomic mass is 32.1. The lowest BCUT2D eigenvalue weighted by molar-refractivity contribution is 0.102. The lowest BCUT2D eigenvalue weighted by Crippen LogP contribution is -2.14. The summed E-state index contributed by atoms with van der Waals surface area (Å²) in [7, 11) is 0. The summed E-state index contributed by atoms with van der Waals surface area (Å²) in [4.78, 5) is 22.1. The molecule has 0 unspecified atom stereocenters. The number of thiazole rings is 1. The highest BCUT2D eigenvalue weighted by Crippen LogP contribution is 2.21. The molecule has 3 heterocycles. The Morgan fingerprint density at radius 1 is 1.37 bits per heavy atom. The minimum Gasteiger partial charge on any atom is -0.288 e. The Bertz CT molecular complexity index is 746. The van der Waals surface area contributed by atoms with Crippen molar-refractivity contribution in [3.8, 4) is 0 Å². The molecule has 0 bridgehead atoms. The Morgan fingerprint density at radius 2 is 2.21 bits per heavy atom. The van der Waals surface area contributed by atoms with Crippen LogP contribution in [0.4, 0.5) is 5.95 Å². The number of nitrogens with zero attached hydrogens (tertiary/aromatic N) is 4. The Kier molecular flexibility index (Phi) is 2.75. The van der Waals surface area contributed by atoms with Gasteiger partial charge < -0.3 is 0 Å². The minimum atomic E-state index is -0.312. The molecule has 0 saturated carbocycles. The fraction of sp³-hybridized carbons (Fsp3) is 0.167. The van der Waals surface area contributed by atoms with Gasteiger partial charge in [-0.2, -0.15) is 4.98 Å². The number of fused-ring (bicyclic) bond motifs is 1. The Hall–Kier alpha value is -2.28. The van der Waals surface area contributed by atoms with Crippen LogP contribution in [0.5, 0.6) is 0 Å². The molecular formula is C12H11N5OS. The van der Waals surface area contributed by atoms with E-state index < -0.39 is 0 Å². The molecule has 0 spiro atoms. The van der Waals surface area contributed by atoms with Crippen molar-refractivity contribution in [2.75, 3.05) is 5.32 Å². The molecule has 19 heavy (non-hydrogen) atoms. The zero-order valence-corrected chi connectivity index (χ0v) is 11.2. The van der Waals surface area contributed by atoms with Crippen LogP contribution in [0.3, 0.4) is 0 Å². The maximum absolute atomic E-state index is 11.9. The third-order valence-electron chi connectivity index (χ3n) is 2.77. The standard InChI is InChI=1S/C12H11N5OS/c1-7-8(2)19-12-15-11(16-17(7)12)14-10(18)9-5-3-4-6-13-9/h3-6H,1-2H3,(H,14,16,18). The summed E-state index contributed by atoms with van der Waals surface area (Å²) in [6.07, 6.45) is 1.57. The largest absolute Gasteiger partial charge is 0.288 e. The summed E-state index contributed by atoms with van der Waals surface area (Å²) in [6.45, 7) is 3.99. The van der Waals surface area contributed by atoms with Gasteiger partial charge in [0, 0.05) is 11.1 Å². The second kappa shape index (κ2) is 4.43. The highest BCUT2D eigenvalue weighted by Gasteiger charge is 2.13. The maximum atomic E-state index is 11.9. The first-order valence-electron chi connectivity index (χ1n) is 5.70. The number of anilines is 1. The van der Waals surface area contributed by atoms with Gasteiger partial charge in [-0.15, -0.1) is 5.10 Å². The molecule has 0 saturated heterocycles. The number of amides is 1. The van der Waals surface area contributed by atoms with E-state index in [1.54, 1.807) is 40.2 Å². The molecule has 1 amide bonds. The van der Waals surface area contributed by atoms with Gasteiger partial charge in [0.2, 0.25) is 4.96 Å². The molecule has 7 heteroatoms. The second-order valence-corrected chi connectivity index (χ2v) is 5.22. The molecule has 96 valence electrons. The van der Waals surface area contributed by atoms with Crippen molar-refractivity contribution in [1.82, 2.24) is 19.6 Å². The van der Waals surface area contributed by atoms with Crippen molar-refractivity contribution in [2.45, 2.75) is 13.8 Å². The van der Waals surface area contributed by atoms with E-state index in [1.165, 1.54) is 0 Å². The third-order valence-corrected chi connectivity index (χ3v) is 3.82. The quantitative estimate of drug-likeness (QED) is 0.775. The van der Waals surface area contributed by atoms with Crippen molar-refractivity contribution in [3.05, 3.63) is 40.7 Å². The summed E-state index contributed by atoms with van der Waals surface area (Å²) < 4.78 is 1.73. The van der Waals surface area contributed by atoms with Gasteiger partial charge in [-0.3, -0.25) is 15.1 Å². The molecule has 1 N–H and O–H groups in total. The van der Waals surface area contributed by atoms with Crippen LogP contribution < -0.4 is 5.32 Å². The van der Waals surface area contributed by atoms with E-state index in [0.717, 1.165) is 15.5 Å². The van der Waals surface area contributed by atoms with Gasteiger partial charge in [-0.1, -0.05) is 17.4 Å². The van der Waals surface area contributed by atoms with Crippen molar-refractivity contribution < 1.29 is 4.79 Å². The summed E-state index contributed by atoms with van der Waals surface area (Å²) in [5.74, 6) is -0.0155. The monoisotopic (exact) mass is 273 g/mol. The van der Waals surface area contributed by atoms with Crippen molar-refractivity contribution >= 4 is 28.2 Å². The molecule has 3 aromatic rings. The van der Waals surface area contributed by atoms with Crippen molar-refractivity contribution in [3.63, 3.8) is 0 Å². The van der Waals surface area contributed by atoms with E-state index in [0.29, 0.717) is 11.6 Å². The Morgan fingerprint density at radius 3 is 2.89 bits per heavy atom. The van der Waals surface area contributed by atoms with Crippen LogP contribution in [-0.2, 0) is 0 Å². The maximum Gasteiger partial charge on any atom is 0.276 e. The van der Waals surface area contributed by atoms with Gasteiger partial charge in [0.25, 0.3) is 11.9 Å². The van der Waals surface area contributed by atoms with Gasteiger partial charge >= 0.3 is 0 Å². The molecule has 0 aliphatic carbocycles. The van der Waals surface area contributed by atoms with E-state index in [-0.39, 0.29) is 5.91 Å². The van der Waals surface area contributed by atoms with Gasteiger partial charge in [0.1, 0.15) is 5.69 Å². The molecular weight excluding hydrogens is 262 g/mol. The SMILES string of the molecule is Cc1sc2nc(NC(=O)c3ccccn3)nn2c1C. The number of carbonyl (C=O) groups excluding carboxylic acids is 1. The van der Waals surface area contributed by atoms with Crippen molar-refractivity contribution in [2.24, 2.45) is 0 Å². The van der Waals surface area contributed by atoms with E-state index in [2.05, 4.69) is 20.4 Å². The van der Waals surface area contributed by atoms with Crippen molar-refractivity contribution in [1.29, 1.82) is 0 Å². The topological polar surface area (TPSA) is 72.2 Å². The fourth-order valence-corrected chi connectivity index (χ4v) is 2.56. The minimum absolute atomic E-state index is 0.296. The number of aryl methyl sites for hydroxylation is 2. The molecule has 3 rings (SSSR count). The molecule has 0 aliphatic heterocycles. The number of hydrogen-bond donors (Lipinski definition) is 1. The van der Waals surface area contributed by atoms with Gasteiger partial charge in [0.15, 0.2) is 0 Å². The average Bonchev–Trinajstić information content (AvgIpc) is 2.91. The normalized spacial score (nSPS) is 10.8. The average molecular weight is 273 g/mol. The molecule has 3 aromatic heterocycles. The third kappa shape index (κ3) is 2.08. The van der Waals surface area contributed by atoms with Gasteiger partial charge in [-0.25, -0.2) is 4.52 Å². The van der Waals surface area contributed by atoms with E-state index in [9.17, 15) is 4.79 Å². The van der Waals surface area contributed by atoms with Crippen LogP contribution in [0.15, 0.2) is 24.4 Å². The molecule has 6 nitrogen and oxygen atoms in total. The second-order valence-electron chi connectivity index (χ2n) is 4.04. The van der Waals surface area contributed by atoms with Gasteiger partial charge in [0.05, 0.1) is 5.69 Å². The number of nitrogens with one attached hydrogen (secondary N) is 1. The summed E-state index contributed by atoms with van der Waals surface area (Å²) in [5.41, 5.74) is 1.37. The first-order valence-corrected chi connectivity index (χ1v) is 6.52. The van der Waals surface area contributed by atoms with Crippen LogP contribution in [0.25, 0.3) is 4.96 Å². The highest BCUT2D eigenvalue weighted by molar-refractivity contribution is 7.17. The summed E-state index contributed by atoms with van der Waals surface area (Å²) >= 11 is 1.54. The molecule has 0 fully saturated rings. The molecule has 0 radical (unpaired) electrons. The predicted molar refractivity (Wildman–Crippen MR) is 72.5 cm³/mol. The van der Waals surface area contributed by atoms with E-state index in [4.69, 9.17) is 0 Å². The zero-order valence-electron chi connectivity index (χ0n) is 10.4. The lowest BCUT2D eigenvalue weighted by Gasteiger charge is -1.98. The van der Waals surface area contributed by atoms with Crippen LogP contribution in [-0.4, -0.2) is 25.5 Å². The van der Waals surface area contributed by atoms with Crippen LogP contribution in [0, 0.1) is 13.8 Å². The zero-order chi connectivity index (χ0) is 13.4. The smallest absolute Gasteiger partial charge is 0.276 e.